The molecule has 0 spiro atoms. The molecule has 0 amide bonds. The number of hydrogen-bond donors (Lipinski definition) is 2. The molecular formula is C27H38N2O4. The van der Waals surface area contributed by atoms with Gasteiger partial charge in [0.15, 0.2) is 0 Å². The van der Waals surface area contributed by atoms with Crippen LogP contribution >= 0.6 is 0 Å². The van der Waals surface area contributed by atoms with Gasteiger partial charge in [0.25, 0.3) is 0 Å². The molecule has 0 aliphatic carbocycles. The van der Waals surface area contributed by atoms with Gasteiger partial charge in [-0.2, -0.15) is 0 Å². The molecule has 33 heavy (non-hydrogen) atoms. The van der Waals surface area contributed by atoms with Crippen LogP contribution in [0.3, 0.4) is 0 Å². The predicted molar refractivity (Wildman–Crippen MR) is 133 cm³/mol. The number of unbranched alkanes of at least 4 members (excludes halogenated alkanes) is 4. The maximum Gasteiger partial charge on any atom is 0.119 e. The van der Waals surface area contributed by atoms with Crippen LogP contribution in [-0.4, -0.2) is 35.1 Å². The first-order valence-corrected chi connectivity index (χ1v) is 12.1. The average molecular weight is 455 g/mol. The molecule has 0 bridgehead atoms. The molecular weight excluding hydrogens is 416 g/mol. The minimum absolute atomic E-state index is 0.560. The Balaban J connectivity index is 1.82. The Morgan fingerprint density at radius 2 is 1.00 bits per heavy atom. The van der Waals surface area contributed by atoms with Crippen molar-refractivity contribution >= 4 is 11.4 Å². The molecule has 0 atom stereocenters. The van der Waals surface area contributed by atoms with Crippen LogP contribution in [0.1, 0.15) is 82.8 Å². The van der Waals surface area contributed by atoms with Gasteiger partial charge >= 0.3 is 0 Å². The van der Waals surface area contributed by atoms with Crippen LogP contribution in [0.25, 0.3) is 0 Å². The van der Waals surface area contributed by atoms with E-state index in [0.29, 0.717) is 43.9 Å². The zero-order valence-electron chi connectivity index (χ0n) is 20.0. The lowest BCUT2D eigenvalue weighted by Crippen LogP contribution is -2.06. The van der Waals surface area contributed by atoms with Crippen LogP contribution in [0.5, 0.6) is 11.5 Å². The van der Waals surface area contributed by atoms with Gasteiger partial charge in [-0.25, -0.2) is 0 Å². The van der Waals surface area contributed by atoms with Gasteiger partial charge in [-0.05, 0) is 91.8 Å². The number of hydrogen-bond acceptors (Lipinski definition) is 6. The number of nitrogens with zero attached hydrogens (tertiary/aromatic N) is 2. The molecule has 2 rings (SSSR count). The SMILES string of the molecule is CCCCCOc1ccc(C(CCCC(=NO)c2ccc(OCCCCC)cc2)=NO)cc1. The molecule has 0 fully saturated rings. The fourth-order valence-electron chi connectivity index (χ4n) is 3.50. The maximum absolute atomic E-state index is 9.49. The molecule has 0 radical (unpaired) electrons. The largest absolute Gasteiger partial charge is 0.494 e. The van der Waals surface area contributed by atoms with Gasteiger partial charge in [0.1, 0.15) is 11.5 Å². The van der Waals surface area contributed by atoms with Crippen molar-refractivity contribution in [1.29, 1.82) is 0 Å². The second kappa shape index (κ2) is 15.7. The van der Waals surface area contributed by atoms with E-state index in [-0.39, 0.29) is 0 Å². The van der Waals surface area contributed by atoms with Gasteiger partial charge in [0.2, 0.25) is 0 Å². The highest BCUT2D eigenvalue weighted by Crippen LogP contribution is 2.18. The first kappa shape index (κ1) is 26.2. The highest BCUT2D eigenvalue weighted by atomic mass is 16.5. The summed E-state index contributed by atoms with van der Waals surface area (Å²) in [6, 6.07) is 15.2. The van der Waals surface area contributed by atoms with E-state index in [1.165, 1.54) is 12.8 Å². The third-order valence-electron chi connectivity index (χ3n) is 5.48. The molecule has 2 aromatic rings. The van der Waals surface area contributed by atoms with Gasteiger partial charge in [0.05, 0.1) is 24.6 Å². The standard InChI is InChI=1S/C27H38N2O4/c1-3-5-7-20-32-24-16-12-22(13-17-24)26(28-30)10-9-11-27(29-31)23-14-18-25(19-15-23)33-21-8-6-4-2/h12-19,30-31H,3-11,20-21H2,1-2H3. The maximum atomic E-state index is 9.49. The molecule has 0 aromatic heterocycles. The molecule has 180 valence electrons. The summed E-state index contributed by atoms with van der Waals surface area (Å²) in [5.74, 6) is 1.64. The van der Waals surface area contributed by atoms with E-state index in [9.17, 15) is 10.4 Å². The Labute approximate surface area is 197 Å². The molecule has 2 aromatic carbocycles. The van der Waals surface area contributed by atoms with Crippen LogP contribution in [0.15, 0.2) is 58.8 Å². The molecule has 0 heterocycles. The minimum Gasteiger partial charge on any atom is -0.494 e. The summed E-state index contributed by atoms with van der Waals surface area (Å²) in [5, 5.41) is 25.9. The molecule has 6 nitrogen and oxygen atoms in total. The quantitative estimate of drug-likeness (QED) is 0.123. The van der Waals surface area contributed by atoms with Gasteiger partial charge in [-0.3, -0.25) is 0 Å². The molecule has 0 saturated heterocycles. The Morgan fingerprint density at radius 1 is 0.606 bits per heavy atom. The van der Waals surface area contributed by atoms with Crippen LogP contribution in [-0.2, 0) is 0 Å². The van der Waals surface area contributed by atoms with E-state index in [2.05, 4.69) is 24.2 Å². The van der Waals surface area contributed by atoms with E-state index in [1.807, 2.05) is 48.5 Å². The summed E-state index contributed by atoms with van der Waals surface area (Å²) in [6.45, 7) is 5.76. The van der Waals surface area contributed by atoms with Crippen molar-refractivity contribution in [3.8, 4) is 11.5 Å². The van der Waals surface area contributed by atoms with E-state index >= 15 is 0 Å². The monoisotopic (exact) mass is 454 g/mol. The minimum atomic E-state index is 0.560. The van der Waals surface area contributed by atoms with E-state index in [0.717, 1.165) is 48.3 Å². The number of benzene rings is 2. The Morgan fingerprint density at radius 3 is 1.33 bits per heavy atom. The van der Waals surface area contributed by atoms with Crippen molar-refractivity contribution in [3.05, 3.63) is 59.7 Å². The zero-order chi connectivity index (χ0) is 23.7. The molecule has 0 aliphatic heterocycles. The highest BCUT2D eigenvalue weighted by molar-refractivity contribution is 6.02. The van der Waals surface area contributed by atoms with Gasteiger partial charge < -0.3 is 19.9 Å². The first-order valence-electron chi connectivity index (χ1n) is 12.1. The smallest absolute Gasteiger partial charge is 0.119 e. The summed E-state index contributed by atoms with van der Waals surface area (Å²) in [5.41, 5.74) is 2.90. The molecule has 0 aliphatic rings. The van der Waals surface area contributed by atoms with Gasteiger partial charge in [-0.15, -0.1) is 0 Å². The van der Waals surface area contributed by atoms with Crippen molar-refractivity contribution in [2.75, 3.05) is 13.2 Å². The Bertz CT molecular complexity index is 774. The summed E-state index contributed by atoms with van der Waals surface area (Å²) >= 11 is 0. The van der Waals surface area contributed by atoms with Gasteiger partial charge in [-0.1, -0.05) is 49.8 Å². The van der Waals surface area contributed by atoms with Crippen molar-refractivity contribution < 1.29 is 19.9 Å². The van der Waals surface area contributed by atoms with E-state index in [1.54, 1.807) is 0 Å². The third-order valence-corrected chi connectivity index (χ3v) is 5.48. The fourth-order valence-corrected chi connectivity index (χ4v) is 3.50. The third kappa shape index (κ3) is 9.56. The van der Waals surface area contributed by atoms with Crippen molar-refractivity contribution in [2.24, 2.45) is 10.3 Å². The van der Waals surface area contributed by atoms with Crippen molar-refractivity contribution in [1.82, 2.24) is 0 Å². The summed E-state index contributed by atoms with van der Waals surface area (Å²) in [6.07, 6.45) is 8.56. The number of ether oxygens (including phenoxy) is 2. The summed E-state index contributed by atoms with van der Waals surface area (Å²) < 4.78 is 11.5. The van der Waals surface area contributed by atoms with Crippen molar-refractivity contribution in [2.45, 2.75) is 71.6 Å². The molecule has 6 heteroatoms. The fraction of sp³-hybridized carbons (Fsp3) is 0.481. The molecule has 2 N–H and O–H groups in total. The number of oxime groups is 2. The summed E-state index contributed by atoms with van der Waals surface area (Å²) in [4.78, 5) is 0. The first-order chi connectivity index (χ1) is 16.2. The molecule has 0 unspecified atom stereocenters. The van der Waals surface area contributed by atoms with Crippen LogP contribution in [0.2, 0.25) is 0 Å². The van der Waals surface area contributed by atoms with E-state index < -0.39 is 0 Å². The topological polar surface area (TPSA) is 83.6 Å². The predicted octanol–water partition coefficient (Wildman–Crippen LogP) is 7.05. The highest BCUT2D eigenvalue weighted by Gasteiger charge is 2.09. The van der Waals surface area contributed by atoms with Gasteiger partial charge in [0, 0.05) is 0 Å². The average Bonchev–Trinajstić information content (AvgIpc) is 2.86. The Hall–Kier alpha value is -3.02. The number of rotatable bonds is 16. The van der Waals surface area contributed by atoms with Crippen molar-refractivity contribution in [3.63, 3.8) is 0 Å². The molecule has 0 saturated carbocycles. The normalized spacial score (nSPS) is 12.1. The summed E-state index contributed by atoms with van der Waals surface area (Å²) in [7, 11) is 0. The van der Waals surface area contributed by atoms with Crippen LogP contribution in [0.4, 0.5) is 0 Å². The zero-order valence-corrected chi connectivity index (χ0v) is 20.0. The second-order valence-electron chi connectivity index (χ2n) is 8.11. The Kier molecular flexibility index (Phi) is 12.5. The van der Waals surface area contributed by atoms with Crippen LogP contribution < -0.4 is 9.47 Å². The lowest BCUT2D eigenvalue weighted by atomic mass is 10.0. The lowest BCUT2D eigenvalue weighted by molar-refractivity contribution is 0.306. The lowest BCUT2D eigenvalue weighted by Gasteiger charge is -2.10. The van der Waals surface area contributed by atoms with Crippen LogP contribution in [0, 0.1) is 0 Å². The van der Waals surface area contributed by atoms with E-state index in [4.69, 9.17) is 9.47 Å². The second-order valence-corrected chi connectivity index (χ2v) is 8.11.